The Balaban J connectivity index is 2.07. The van der Waals surface area contributed by atoms with E-state index in [1.165, 1.54) is 0 Å². The molecule has 1 aromatic carbocycles. The van der Waals surface area contributed by atoms with Gasteiger partial charge in [-0.3, -0.25) is 0 Å². The van der Waals surface area contributed by atoms with E-state index >= 15 is 0 Å². The zero-order chi connectivity index (χ0) is 11.2. The van der Waals surface area contributed by atoms with Crippen molar-refractivity contribution in [2.45, 2.75) is 24.8 Å². The number of ether oxygens (including phenoxy) is 2. The highest BCUT2D eigenvalue weighted by molar-refractivity contribution is 5.57. The number of nitrogens with two attached hydrogens (primary N) is 1. The summed E-state index contributed by atoms with van der Waals surface area (Å²) in [7, 11) is 0. The van der Waals surface area contributed by atoms with Crippen molar-refractivity contribution in [3.05, 3.63) is 17.7 Å². The van der Waals surface area contributed by atoms with Gasteiger partial charge in [0.1, 0.15) is 13.2 Å². The number of rotatable bonds is 1. The van der Waals surface area contributed by atoms with E-state index in [-0.39, 0.29) is 11.3 Å². The molecule has 0 atom stereocenters. The SMILES string of the molecule is NC1(c2ccc3c(c2O)OCCO3)CCC1. The summed E-state index contributed by atoms with van der Waals surface area (Å²) in [6, 6.07) is 3.68. The minimum absolute atomic E-state index is 0.152. The molecule has 4 nitrogen and oxygen atoms in total. The van der Waals surface area contributed by atoms with Crippen molar-refractivity contribution < 1.29 is 14.6 Å². The molecule has 1 heterocycles. The van der Waals surface area contributed by atoms with Crippen molar-refractivity contribution in [3.63, 3.8) is 0 Å². The van der Waals surface area contributed by atoms with Crippen molar-refractivity contribution in [1.82, 2.24) is 0 Å². The molecule has 0 unspecified atom stereocenters. The average molecular weight is 221 g/mol. The molecule has 0 saturated heterocycles. The van der Waals surface area contributed by atoms with E-state index in [1.54, 1.807) is 0 Å². The second-order valence-corrected chi connectivity index (χ2v) is 4.50. The maximum Gasteiger partial charge on any atom is 0.203 e. The molecule has 0 radical (unpaired) electrons. The summed E-state index contributed by atoms with van der Waals surface area (Å²) in [6.07, 6.45) is 2.95. The van der Waals surface area contributed by atoms with Gasteiger partial charge in [0.15, 0.2) is 11.5 Å². The molecular weight excluding hydrogens is 206 g/mol. The van der Waals surface area contributed by atoms with Crippen LogP contribution in [-0.4, -0.2) is 18.3 Å². The normalized spacial score (nSPS) is 21.3. The maximum atomic E-state index is 10.2. The smallest absolute Gasteiger partial charge is 0.203 e. The van der Waals surface area contributed by atoms with E-state index in [1.807, 2.05) is 12.1 Å². The molecule has 0 amide bonds. The third kappa shape index (κ3) is 1.26. The number of fused-ring (bicyclic) bond motifs is 1. The minimum atomic E-state index is -0.375. The monoisotopic (exact) mass is 221 g/mol. The molecule has 0 spiro atoms. The molecule has 1 fully saturated rings. The van der Waals surface area contributed by atoms with Crippen LogP contribution in [0.1, 0.15) is 24.8 Å². The number of hydrogen-bond acceptors (Lipinski definition) is 4. The van der Waals surface area contributed by atoms with Gasteiger partial charge >= 0.3 is 0 Å². The first kappa shape index (κ1) is 9.78. The fraction of sp³-hybridized carbons (Fsp3) is 0.500. The fourth-order valence-electron chi connectivity index (χ4n) is 2.33. The zero-order valence-electron chi connectivity index (χ0n) is 9.03. The van der Waals surface area contributed by atoms with Crippen molar-refractivity contribution in [2.75, 3.05) is 13.2 Å². The highest BCUT2D eigenvalue weighted by Gasteiger charge is 2.38. The van der Waals surface area contributed by atoms with Gasteiger partial charge in [-0.2, -0.15) is 0 Å². The molecule has 1 saturated carbocycles. The van der Waals surface area contributed by atoms with E-state index in [4.69, 9.17) is 15.2 Å². The molecule has 86 valence electrons. The Morgan fingerprint density at radius 2 is 1.94 bits per heavy atom. The Labute approximate surface area is 94.0 Å². The van der Waals surface area contributed by atoms with Gasteiger partial charge in [0.05, 0.1) is 0 Å². The zero-order valence-corrected chi connectivity index (χ0v) is 9.03. The van der Waals surface area contributed by atoms with Crippen LogP contribution < -0.4 is 15.2 Å². The fourth-order valence-corrected chi connectivity index (χ4v) is 2.33. The highest BCUT2D eigenvalue weighted by atomic mass is 16.6. The maximum absolute atomic E-state index is 10.2. The van der Waals surface area contributed by atoms with Crippen LogP contribution in [0.25, 0.3) is 0 Å². The van der Waals surface area contributed by atoms with E-state index in [0.717, 1.165) is 24.8 Å². The van der Waals surface area contributed by atoms with Gasteiger partial charge in [-0.1, -0.05) is 0 Å². The highest BCUT2D eigenvalue weighted by Crippen LogP contribution is 2.49. The lowest BCUT2D eigenvalue weighted by atomic mass is 9.72. The second kappa shape index (κ2) is 3.28. The summed E-state index contributed by atoms with van der Waals surface area (Å²) in [5, 5.41) is 10.2. The van der Waals surface area contributed by atoms with Crippen molar-refractivity contribution in [2.24, 2.45) is 5.73 Å². The van der Waals surface area contributed by atoms with Gasteiger partial charge in [0.25, 0.3) is 0 Å². The van der Waals surface area contributed by atoms with Crippen LogP contribution in [0.15, 0.2) is 12.1 Å². The van der Waals surface area contributed by atoms with Crippen LogP contribution in [0.3, 0.4) is 0 Å². The van der Waals surface area contributed by atoms with Gasteiger partial charge in [-0.25, -0.2) is 0 Å². The van der Waals surface area contributed by atoms with Gasteiger partial charge in [0, 0.05) is 11.1 Å². The van der Waals surface area contributed by atoms with Crippen molar-refractivity contribution >= 4 is 0 Å². The summed E-state index contributed by atoms with van der Waals surface area (Å²) in [5.74, 6) is 1.20. The molecule has 0 bridgehead atoms. The number of phenolic OH excluding ortho intramolecular Hbond substituents is 1. The van der Waals surface area contributed by atoms with Crippen LogP contribution in [-0.2, 0) is 5.54 Å². The van der Waals surface area contributed by atoms with Crippen LogP contribution in [0.5, 0.6) is 17.2 Å². The van der Waals surface area contributed by atoms with Gasteiger partial charge in [0.2, 0.25) is 5.75 Å². The molecule has 3 rings (SSSR count). The van der Waals surface area contributed by atoms with Crippen LogP contribution in [0.2, 0.25) is 0 Å². The standard InChI is InChI=1S/C12H15NO3/c13-12(4-1-5-12)8-2-3-9-11(10(8)14)16-7-6-15-9/h2-3,14H,1,4-7,13H2. The third-order valence-corrected chi connectivity index (χ3v) is 3.46. The lowest BCUT2D eigenvalue weighted by Crippen LogP contribution is -2.43. The van der Waals surface area contributed by atoms with Crippen LogP contribution >= 0.6 is 0 Å². The molecule has 4 heteroatoms. The third-order valence-electron chi connectivity index (χ3n) is 3.46. The Kier molecular flexibility index (Phi) is 2.01. The van der Waals surface area contributed by atoms with Crippen LogP contribution in [0.4, 0.5) is 0 Å². The predicted molar refractivity (Wildman–Crippen MR) is 58.8 cm³/mol. The molecule has 3 N–H and O–H groups in total. The first-order valence-corrected chi connectivity index (χ1v) is 5.62. The quantitative estimate of drug-likeness (QED) is 0.754. The minimum Gasteiger partial charge on any atom is -0.504 e. The summed E-state index contributed by atoms with van der Waals surface area (Å²) in [4.78, 5) is 0. The Hall–Kier alpha value is -1.42. The molecular formula is C12H15NO3. The van der Waals surface area contributed by atoms with E-state index in [0.29, 0.717) is 24.7 Å². The predicted octanol–water partition coefficient (Wildman–Crippen LogP) is 1.50. The van der Waals surface area contributed by atoms with E-state index in [9.17, 15) is 5.11 Å². The van der Waals surface area contributed by atoms with Crippen molar-refractivity contribution in [1.29, 1.82) is 0 Å². The lowest BCUT2D eigenvalue weighted by Gasteiger charge is -2.39. The number of hydrogen-bond donors (Lipinski definition) is 2. The summed E-state index contributed by atoms with van der Waals surface area (Å²) in [5.41, 5.74) is 6.61. The Morgan fingerprint density at radius 3 is 2.62 bits per heavy atom. The molecule has 0 aromatic heterocycles. The Morgan fingerprint density at radius 1 is 1.19 bits per heavy atom. The largest absolute Gasteiger partial charge is 0.504 e. The number of benzene rings is 1. The first-order valence-electron chi connectivity index (χ1n) is 5.62. The van der Waals surface area contributed by atoms with Gasteiger partial charge < -0.3 is 20.3 Å². The summed E-state index contributed by atoms with van der Waals surface area (Å²) < 4.78 is 10.8. The lowest BCUT2D eigenvalue weighted by molar-refractivity contribution is 0.162. The van der Waals surface area contributed by atoms with E-state index < -0.39 is 0 Å². The van der Waals surface area contributed by atoms with Crippen LogP contribution in [0, 0.1) is 0 Å². The van der Waals surface area contributed by atoms with Gasteiger partial charge in [-0.05, 0) is 31.4 Å². The Bertz CT molecular complexity index is 427. The average Bonchev–Trinajstić information content (AvgIpc) is 2.27. The number of aromatic hydroxyl groups is 1. The van der Waals surface area contributed by atoms with Crippen molar-refractivity contribution in [3.8, 4) is 17.2 Å². The molecule has 1 aliphatic carbocycles. The molecule has 2 aliphatic rings. The topological polar surface area (TPSA) is 64.7 Å². The summed E-state index contributed by atoms with van der Waals surface area (Å²) in [6.45, 7) is 1.00. The second-order valence-electron chi connectivity index (χ2n) is 4.50. The summed E-state index contributed by atoms with van der Waals surface area (Å²) >= 11 is 0. The molecule has 1 aromatic rings. The molecule has 16 heavy (non-hydrogen) atoms. The number of phenols is 1. The van der Waals surface area contributed by atoms with Gasteiger partial charge in [-0.15, -0.1) is 0 Å². The molecule has 1 aliphatic heterocycles. The van der Waals surface area contributed by atoms with E-state index in [2.05, 4.69) is 0 Å². The first-order chi connectivity index (χ1) is 7.71.